The van der Waals surface area contributed by atoms with Crippen molar-refractivity contribution in [2.24, 2.45) is 10.9 Å². The third kappa shape index (κ3) is 5.30. The summed E-state index contributed by atoms with van der Waals surface area (Å²) in [6, 6.07) is 2.88. The predicted octanol–water partition coefficient (Wildman–Crippen LogP) is 2.08. The molecule has 1 aliphatic rings. The molecule has 1 aromatic carbocycles. The number of nitro benzene ring substituents is 2. The van der Waals surface area contributed by atoms with Crippen LogP contribution in [0.4, 0.5) is 11.4 Å². The minimum Gasteiger partial charge on any atom is -0.481 e. The van der Waals surface area contributed by atoms with Crippen molar-refractivity contribution in [3.63, 3.8) is 0 Å². The molecule has 2 rings (SSSR count). The Kier molecular flexibility index (Phi) is 8.30. The molecule has 0 fully saturated rings. The molecule has 4 radical (unpaired) electrons. The number of carboxylic acid groups (broad SMARTS) is 2. The van der Waals surface area contributed by atoms with Crippen LogP contribution in [0.1, 0.15) is 18.4 Å². The van der Waals surface area contributed by atoms with E-state index in [1.807, 2.05) is 0 Å². The van der Waals surface area contributed by atoms with Gasteiger partial charge in [0.05, 0.1) is 27.2 Å². The van der Waals surface area contributed by atoms with Crippen molar-refractivity contribution in [1.82, 2.24) is 0 Å². The van der Waals surface area contributed by atoms with Gasteiger partial charge in [-0.1, -0.05) is 12.2 Å². The fourth-order valence-electron chi connectivity index (χ4n) is 3.06. The summed E-state index contributed by atoms with van der Waals surface area (Å²) in [6.45, 7) is 0. The van der Waals surface area contributed by atoms with Crippen molar-refractivity contribution in [3.8, 4) is 0 Å². The van der Waals surface area contributed by atoms with Crippen molar-refractivity contribution < 1.29 is 29.6 Å². The molecule has 2 unspecified atom stereocenters. The minimum absolute atomic E-state index is 0. The average Bonchev–Trinajstić information content (AvgIpc) is 2.87. The van der Waals surface area contributed by atoms with Gasteiger partial charge in [0.25, 0.3) is 11.4 Å². The molecule has 150 valence electrons. The Labute approximate surface area is 183 Å². The number of benzene rings is 1. The van der Waals surface area contributed by atoms with Crippen molar-refractivity contribution >= 4 is 56.8 Å². The fourth-order valence-corrected chi connectivity index (χ4v) is 3.06. The van der Waals surface area contributed by atoms with E-state index in [-0.39, 0.29) is 39.3 Å². The van der Waals surface area contributed by atoms with E-state index in [9.17, 15) is 34.9 Å². The van der Waals surface area contributed by atoms with Gasteiger partial charge in [-0.2, -0.15) is 0 Å². The first-order chi connectivity index (χ1) is 13.2. The number of nitrogens with zero attached hydrogens (tertiary/aromatic N) is 3. The maximum absolute atomic E-state index is 12.0. The summed E-state index contributed by atoms with van der Waals surface area (Å²) < 4.78 is 0. The maximum atomic E-state index is 12.0. The second-order valence-electron chi connectivity index (χ2n) is 5.95. The number of hydrogen-bond acceptors (Lipinski definition) is 7. The second-order valence-corrected chi connectivity index (χ2v) is 5.95. The molecule has 0 saturated carbocycles. The van der Waals surface area contributed by atoms with Crippen molar-refractivity contribution in [1.29, 1.82) is 0 Å². The monoisotopic (exact) mass is 597 g/mol. The van der Waals surface area contributed by atoms with Gasteiger partial charge < -0.3 is 10.2 Å². The van der Waals surface area contributed by atoms with Crippen molar-refractivity contribution in [3.05, 3.63) is 68.4 Å². The first-order valence-electron chi connectivity index (χ1n) is 7.95. The van der Waals surface area contributed by atoms with E-state index >= 15 is 0 Å². The van der Waals surface area contributed by atoms with Gasteiger partial charge in [0.2, 0.25) is 0 Å². The third-order valence-corrected chi connectivity index (χ3v) is 4.32. The largest absolute Gasteiger partial charge is 0.481 e. The molecule has 0 amide bonds. The molecule has 12 heteroatoms. The zero-order valence-corrected chi connectivity index (χ0v) is 18.7. The number of nitro groups is 2. The van der Waals surface area contributed by atoms with E-state index in [0.717, 1.165) is 18.2 Å². The van der Waals surface area contributed by atoms with Gasteiger partial charge >= 0.3 is 11.9 Å². The Balaban J connectivity index is 0.00000420. The zero-order valence-electron chi connectivity index (χ0n) is 14.8. The van der Waals surface area contributed by atoms with Crippen LogP contribution in [-0.4, -0.2) is 65.5 Å². The van der Waals surface area contributed by atoms with Crippen LogP contribution < -0.4 is 0 Å². The number of rotatable bonds is 8. The van der Waals surface area contributed by atoms with E-state index in [1.54, 1.807) is 0 Å². The molecular weight excluding hydrogens is 581 g/mol. The van der Waals surface area contributed by atoms with E-state index in [1.165, 1.54) is 30.6 Å². The SMILES string of the molecule is O=C(O)CCC(C(=O)O)C1(c2ccc([N+](=O)[O-])cc2[N+](=O)[O-])C=CC=CN=C1.[Pb]. The van der Waals surface area contributed by atoms with Crippen LogP contribution in [0.3, 0.4) is 0 Å². The second kappa shape index (κ2) is 9.99. The minimum atomic E-state index is -1.68. The van der Waals surface area contributed by atoms with Gasteiger partial charge in [0.1, 0.15) is 0 Å². The fraction of sp³-hybridized carbons (Fsp3) is 0.235. The number of aliphatic carboxylic acids is 2. The Morgan fingerprint density at radius 2 is 1.83 bits per heavy atom. The number of carbonyl (C=O) groups is 2. The van der Waals surface area contributed by atoms with Gasteiger partial charge in [-0.15, -0.1) is 0 Å². The van der Waals surface area contributed by atoms with Crippen LogP contribution in [0.5, 0.6) is 0 Å². The van der Waals surface area contributed by atoms with Gasteiger partial charge in [0, 0.05) is 57.8 Å². The van der Waals surface area contributed by atoms with Gasteiger partial charge in [-0.25, -0.2) is 0 Å². The Morgan fingerprint density at radius 1 is 1.14 bits per heavy atom. The summed E-state index contributed by atoms with van der Waals surface area (Å²) >= 11 is 0. The standard InChI is InChI=1S/C17H15N3O8.Pb/c21-15(22)6-5-13(16(23)24)17(7-1-2-8-18-10-17)12-4-3-11(19(25)26)9-14(12)20(27)28;/h1-4,7-10,13H,5-6H2,(H,21,22)(H,23,24);. The van der Waals surface area contributed by atoms with Crippen LogP contribution in [0.2, 0.25) is 0 Å². The van der Waals surface area contributed by atoms with Crippen LogP contribution in [0.25, 0.3) is 0 Å². The van der Waals surface area contributed by atoms with Crippen LogP contribution in [0.15, 0.2) is 47.6 Å². The van der Waals surface area contributed by atoms with E-state index in [2.05, 4.69) is 4.99 Å². The normalized spacial score (nSPS) is 18.3. The molecule has 0 aromatic heterocycles. The summed E-state index contributed by atoms with van der Waals surface area (Å²) in [7, 11) is 0. The van der Waals surface area contributed by atoms with Crippen LogP contribution in [0, 0.1) is 26.1 Å². The first-order valence-corrected chi connectivity index (χ1v) is 7.95. The summed E-state index contributed by atoms with van der Waals surface area (Å²) in [5, 5.41) is 41.3. The van der Waals surface area contributed by atoms with Crippen LogP contribution >= 0.6 is 0 Å². The molecule has 2 N–H and O–H groups in total. The quantitative estimate of drug-likeness (QED) is 0.261. The molecule has 0 saturated heterocycles. The number of allylic oxidation sites excluding steroid dienone is 3. The topological polar surface area (TPSA) is 173 Å². The van der Waals surface area contributed by atoms with Gasteiger partial charge in [-0.3, -0.25) is 34.8 Å². The molecule has 1 aliphatic heterocycles. The predicted molar refractivity (Wildman–Crippen MR) is 102 cm³/mol. The molecule has 0 spiro atoms. The molecule has 0 bridgehead atoms. The summed E-state index contributed by atoms with van der Waals surface area (Å²) in [6.07, 6.45) is 5.98. The Bertz CT molecular complexity index is 909. The Morgan fingerprint density at radius 3 is 2.38 bits per heavy atom. The summed E-state index contributed by atoms with van der Waals surface area (Å²) in [5.41, 5.74) is -3.00. The molecule has 11 nitrogen and oxygen atoms in total. The Hall–Kier alpha value is -2.97. The number of hydrogen-bond donors (Lipinski definition) is 2. The van der Waals surface area contributed by atoms with E-state index in [0.29, 0.717) is 0 Å². The molecule has 29 heavy (non-hydrogen) atoms. The molecule has 1 heterocycles. The zero-order chi connectivity index (χ0) is 20.9. The first kappa shape index (κ1) is 24.1. The number of non-ortho nitro benzene ring substituents is 1. The van der Waals surface area contributed by atoms with Crippen molar-refractivity contribution in [2.75, 3.05) is 0 Å². The van der Waals surface area contributed by atoms with Gasteiger partial charge in [-0.05, 0) is 18.6 Å². The van der Waals surface area contributed by atoms with Crippen LogP contribution in [-0.2, 0) is 15.0 Å². The smallest absolute Gasteiger partial charge is 0.308 e. The number of carboxylic acids is 2. The summed E-state index contributed by atoms with van der Waals surface area (Å²) in [4.78, 5) is 47.8. The van der Waals surface area contributed by atoms with Crippen molar-refractivity contribution in [2.45, 2.75) is 18.3 Å². The molecular formula is C17H15N3O8Pb. The molecule has 0 aliphatic carbocycles. The van der Waals surface area contributed by atoms with E-state index in [4.69, 9.17) is 5.11 Å². The average molecular weight is 597 g/mol. The van der Waals surface area contributed by atoms with E-state index < -0.39 is 50.9 Å². The maximum Gasteiger partial charge on any atom is 0.308 e. The number of aliphatic imine (C=N–C) groups is 1. The third-order valence-electron chi connectivity index (χ3n) is 4.32. The summed E-state index contributed by atoms with van der Waals surface area (Å²) in [5.74, 6) is -4.03. The molecule has 1 aromatic rings. The van der Waals surface area contributed by atoms with Gasteiger partial charge in [0.15, 0.2) is 0 Å². The molecule has 2 atom stereocenters.